The first-order chi connectivity index (χ1) is 20.8. The molecule has 234 valence electrons. The first-order valence-electron chi connectivity index (χ1n) is 14.3. The first kappa shape index (κ1) is 36.4. The predicted molar refractivity (Wildman–Crippen MR) is 178 cm³/mol. The van der Waals surface area contributed by atoms with E-state index in [2.05, 4.69) is 64.3 Å². The smallest absolute Gasteiger partial charge is 0.243 e. The molecule has 2 N–H and O–H groups in total. The summed E-state index contributed by atoms with van der Waals surface area (Å²) in [7, 11) is 11.0. The van der Waals surface area contributed by atoms with E-state index in [9.17, 15) is 4.79 Å². The van der Waals surface area contributed by atoms with E-state index in [0.717, 1.165) is 35.5 Å². The van der Waals surface area contributed by atoms with E-state index in [0.29, 0.717) is 23.1 Å². The summed E-state index contributed by atoms with van der Waals surface area (Å²) in [6, 6.07) is 11.9. The zero-order valence-electron chi connectivity index (χ0n) is 27.3. The molecule has 43 heavy (non-hydrogen) atoms. The molecule has 0 bridgehead atoms. The largest absolute Gasteiger partial charge is 0.494 e. The minimum atomic E-state index is -0.144. The Morgan fingerprint density at radius 2 is 1.70 bits per heavy atom. The zero-order valence-corrected chi connectivity index (χ0v) is 27.3. The summed E-state index contributed by atoms with van der Waals surface area (Å²) in [5, 5.41) is 10.1. The van der Waals surface area contributed by atoms with Crippen molar-refractivity contribution in [1.29, 1.82) is 0 Å². The number of carbonyl (C=O) groups excluding carboxylic acids is 1. The maximum absolute atomic E-state index is 9.95. The summed E-state index contributed by atoms with van der Waals surface area (Å²) in [6.45, 7) is 13.1. The molecular weight excluding hydrogens is 544 g/mol. The van der Waals surface area contributed by atoms with E-state index in [4.69, 9.17) is 14.5 Å². The third-order valence-electron chi connectivity index (χ3n) is 5.84. The SMILES string of the molecule is C=CC(=O)NC.CC.CC.COc1cc(N(C)CCN(C)C)ccc1Nc1ncc(OC)c(-c2cnn3ccccc23)n1. The number of benzene rings is 1. The van der Waals surface area contributed by atoms with Crippen LogP contribution in [0.3, 0.4) is 0 Å². The van der Waals surface area contributed by atoms with Gasteiger partial charge in [0.2, 0.25) is 11.9 Å². The van der Waals surface area contributed by atoms with Gasteiger partial charge in [-0.2, -0.15) is 5.10 Å². The third kappa shape index (κ3) is 10.6. The molecule has 0 radical (unpaired) electrons. The quantitative estimate of drug-likeness (QED) is 0.230. The van der Waals surface area contributed by atoms with E-state index in [1.807, 2.05) is 64.2 Å². The molecule has 4 aromatic rings. The highest BCUT2D eigenvalue weighted by atomic mass is 16.5. The van der Waals surface area contributed by atoms with E-state index in [1.54, 1.807) is 38.2 Å². The van der Waals surface area contributed by atoms with Crippen LogP contribution in [0.4, 0.5) is 17.3 Å². The topological polar surface area (TPSA) is 109 Å². The Kier molecular flexibility index (Phi) is 16.5. The number of anilines is 3. The second-order valence-electron chi connectivity index (χ2n) is 8.75. The van der Waals surface area contributed by atoms with Gasteiger partial charge in [-0.15, -0.1) is 0 Å². The van der Waals surface area contributed by atoms with E-state index < -0.39 is 0 Å². The van der Waals surface area contributed by atoms with Crippen molar-refractivity contribution in [1.82, 2.24) is 29.8 Å². The molecule has 0 saturated heterocycles. The van der Waals surface area contributed by atoms with E-state index in [1.165, 1.54) is 6.08 Å². The molecule has 0 fully saturated rings. The number of nitrogens with one attached hydrogen (secondary N) is 2. The van der Waals surface area contributed by atoms with Gasteiger partial charge in [-0.05, 0) is 44.4 Å². The summed E-state index contributed by atoms with van der Waals surface area (Å²) < 4.78 is 13.0. The highest BCUT2D eigenvalue weighted by molar-refractivity contribution is 5.86. The number of nitrogens with zero attached hydrogens (tertiary/aromatic N) is 6. The average molecular weight is 593 g/mol. The Bertz CT molecular complexity index is 1400. The van der Waals surface area contributed by atoms with Gasteiger partial charge in [0.25, 0.3) is 0 Å². The lowest BCUT2D eigenvalue weighted by Crippen LogP contribution is -2.28. The molecule has 0 aliphatic carbocycles. The number of amides is 1. The minimum Gasteiger partial charge on any atom is -0.494 e. The van der Waals surface area contributed by atoms with Crippen LogP contribution in [0.5, 0.6) is 11.5 Å². The Labute approximate surface area is 256 Å². The van der Waals surface area contributed by atoms with Gasteiger partial charge in [0.15, 0.2) is 5.75 Å². The summed E-state index contributed by atoms with van der Waals surface area (Å²) in [5.74, 6) is 1.58. The van der Waals surface area contributed by atoms with Gasteiger partial charge >= 0.3 is 0 Å². The van der Waals surface area contributed by atoms with Gasteiger partial charge in [-0.3, -0.25) is 4.79 Å². The van der Waals surface area contributed by atoms with Crippen molar-refractivity contribution >= 4 is 28.7 Å². The third-order valence-corrected chi connectivity index (χ3v) is 5.84. The first-order valence-corrected chi connectivity index (χ1v) is 14.3. The van der Waals surface area contributed by atoms with Crippen LogP contribution < -0.4 is 25.0 Å². The molecule has 11 nitrogen and oxygen atoms in total. The lowest BCUT2D eigenvalue weighted by Gasteiger charge is -2.23. The van der Waals surface area contributed by atoms with Crippen molar-refractivity contribution in [3.8, 4) is 22.8 Å². The number of pyridine rings is 1. The molecule has 11 heteroatoms. The van der Waals surface area contributed by atoms with Crippen LogP contribution in [-0.2, 0) is 4.79 Å². The van der Waals surface area contributed by atoms with Crippen molar-refractivity contribution in [3.05, 3.63) is 67.6 Å². The number of rotatable bonds is 10. The fourth-order valence-electron chi connectivity index (χ4n) is 3.61. The number of ether oxygens (including phenoxy) is 2. The van der Waals surface area contributed by atoms with Crippen molar-refractivity contribution in [2.75, 3.05) is 65.7 Å². The van der Waals surface area contributed by atoms with E-state index in [-0.39, 0.29) is 5.91 Å². The van der Waals surface area contributed by atoms with Crippen LogP contribution in [-0.4, -0.2) is 85.9 Å². The van der Waals surface area contributed by atoms with Gasteiger partial charge in [-0.25, -0.2) is 14.5 Å². The highest BCUT2D eigenvalue weighted by Crippen LogP contribution is 2.34. The molecular formula is C32H48N8O3. The second-order valence-corrected chi connectivity index (χ2v) is 8.75. The molecule has 3 aromatic heterocycles. The number of hydrogen-bond acceptors (Lipinski definition) is 9. The van der Waals surface area contributed by atoms with E-state index >= 15 is 0 Å². The number of aromatic nitrogens is 4. The van der Waals surface area contributed by atoms with Crippen LogP contribution >= 0.6 is 0 Å². The minimum absolute atomic E-state index is 0.144. The Hall–Kier alpha value is -4.64. The summed E-state index contributed by atoms with van der Waals surface area (Å²) in [5.41, 5.74) is 4.31. The Morgan fingerprint density at radius 1 is 1.00 bits per heavy atom. The Balaban J connectivity index is 0.000000814. The molecule has 0 atom stereocenters. The van der Waals surface area contributed by atoms with Gasteiger partial charge in [0.05, 0.1) is 43.4 Å². The van der Waals surface area contributed by atoms with Crippen molar-refractivity contribution in [3.63, 3.8) is 0 Å². The molecule has 0 aliphatic rings. The average Bonchev–Trinajstić information content (AvgIpc) is 3.49. The van der Waals surface area contributed by atoms with Crippen LogP contribution in [0, 0.1) is 0 Å². The fourth-order valence-corrected chi connectivity index (χ4v) is 3.61. The van der Waals surface area contributed by atoms with Crippen LogP contribution in [0.1, 0.15) is 27.7 Å². The number of carbonyl (C=O) groups is 1. The molecule has 3 heterocycles. The molecule has 0 aliphatic heterocycles. The number of likely N-dealkylation sites (N-methyl/N-ethyl adjacent to an activating group) is 3. The predicted octanol–water partition coefficient (Wildman–Crippen LogP) is 5.52. The number of hydrogen-bond donors (Lipinski definition) is 2. The molecule has 1 amide bonds. The van der Waals surface area contributed by atoms with Crippen molar-refractivity contribution < 1.29 is 14.3 Å². The van der Waals surface area contributed by atoms with Crippen LogP contribution in [0.15, 0.2) is 67.6 Å². The molecule has 1 aromatic carbocycles. The molecule has 0 saturated carbocycles. The monoisotopic (exact) mass is 592 g/mol. The molecule has 4 rings (SSSR count). The second kappa shape index (κ2) is 19.5. The van der Waals surface area contributed by atoms with Crippen molar-refractivity contribution in [2.45, 2.75) is 27.7 Å². The van der Waals surface area contributed by atoms with Gasteiger partial charge < -0.3 is 29.9 Å². The molecule has 0 spiro atoms. The normalized spacial score (nSPS) is 9.74. The number of fused-ring (bicyclic) bond motifs is 1. The highest BCUT2D eigenvalue weighted by Gasteiger charge is 2.16. The summed E-state index contributed by atoms with van der Waals surface area (Å²) in [4.78, 5) is 23.5. The number of methoxy groups -OCH3 is 2. The van der Waals surface area contributed by atoms with Crippen LogP contribution in [0.2, 0.25) is 0 Å². The van der Waals surface area contributed by atoms with Gasteiger partial charge in [0.1, 0.15) is 11.4 Å². The lowest BCUT2D eigenvalue weighted by atomic mass is 10.2. The van der Waals surface area contributed by atoms with Gasteiger partial charge in [-0.1, -0.05) is 40.3 Å². The molecule has 0 unspecified atom stereocenters. The standard InChI is InChI=1S/C24H29N7O2.C4H7NO.2C2H6/c1-29(2)12-13-30(3)17-9-10-19(21(14-17)32-4)27-24-25-16-22(33-5)23(28-24)18-15-26-31-11-7-6-8-20(18)31;1-3-4(6)5-2;2*1-2/h6-11,14-16H,12-13H2,1-5H3,(H,25,27,28);3H,1H2,2H3,(H,5,6);2*1-2H3. The fraction of sp³-hybridized carbons (Fsp3) is 0.375. The summed E-state index contributed by atoms with van der Waals surface area (Å²) in [6.07, 6.45) is 6.56. The lowest BCUT2D eigenvalue weighted by molar-refractivity contribution is -0.116. The maximum Gasteiger partial charge on any atom is 0.243 e. The summed E-state index contributed by atoms with van der Waals surface area (Å²) >= 11 is 0. The maximum atomic E-state index is 9.95. The van der Waals surface area contributed by atoms with Crippen LogP contribution in [0.25, 0.3) is 16.8 Å². The Morgan fingerprint density at radius 3 is 2.28 bits per heavy atom. The van der Waals surface area contributed by atoms with Crippen molar-refractivity contribution in [2.24, 2.45) is 0 Å². The van der Waals surface area contributed by atoms with Gasteiger partial charge in [0, 0.05) is 45.1 Å². The zero-order chi connectivity index (χ0) is 32.4.